The van der Waals surface area contributed by atoms with E-state index in [1.807, 2.05) is 11.0 Å². The van der Waals surface area contributed by atoms with Crippen molar-refractivity contribution in [1.29, 1.82) is 0 Å². The predicted molar refractivity (Wildman–Crippen MR) is 139 cm³/mol. The van der Waals surface area contributed by atoms with E-state index >= 15 is 0 Å². The fourth-order valence-electron chi connectivity index (χ4n) is 4.55. The van der Waals surface area contributed by atoms with Crippen molar-refractivity contribution in [3.05, 3.63) is 42.1 Å². The molecule has 2 aromatic rings. The van der Waals surface area contributed by atoms with E-state index in [0.29, 0.717) is 24.5 Å². The molecule has 0 aliphatic carbocycles. The largest absolute Gasteiger partial charge is 0.465 e. The van der Waals surface area contributed by atoms with Crippen LogP contribution in [0.5, 0.6) is 0 Å². The lowest BCUT2D eigenvalue weighted by Gasteiger charge is -2.35. The van der Waals surface area contributed by atoms with Crippen molar-refractivity contribution in [1.82, 2.24) is 25.1 Å². The highest BCUT2D eigenvalue weighted by atomic mass is 31.2. The van der Waals surface area contributed by atoms with Gasteiger partial charge in [0.05, 0.1) is 12.3 Å². The average molecular weight is 563 g/mol. The van der Waals surface area contributed by atoms with Gasteiger partial charge in [-0.05, 0) is 6.42 Å². The number of nitrogens with zero attached hydrogens (tertiary/aromatic N) is 5. The normalized spacial score (nSPS) is 18.6. The Hall–Kier alpha value is -3.58. The third-order valence-electron chi connectivity index (χ3n) is 6.67. The van der Waals surface area contributed by atoms with Crippen LogP contribution in [-0.2, 0) is 14.1 Å². The van der Waals surface area contributed by atoms with Gasteiger partial charge in [0.25, 0.3) is 5.91 Å². The van der Waals surface area contributed by atoms with Crippen LogP contribution in [0.25, 0.3) is 11.4 Å². The summed E-state index contributed by atoms with van der Waals surface area (Å²) in [4.78, 5) is 70.4. The highest BCUT2D eigenvalue weighted by Gasteiger charge is 2.35. The van der Waals surface area contributed by atoms with Crippen LogP contribution in [0.15, 0.2) is 36.4 Å². The summed E-state index contributed by atoms with van der Waals surface area (Å²) in [5.74, 6) is -0.746. The Balaban J connectivity index is 1.60. The number of ether oxygens (including phenoxy) is 1. The first-order chi connectivity index (χ1) is 18.5. The van der Waals surface area contributed by atoms with Gasteiger partial charge in [0.1, 0.15) is 17.6 Å². The summed E-state index contributed by atoms with van der Waals surface area (Å²) in [6, 6.07) is 8.96. The summed E-state index contributed by atoms with van der Waals surface area (Å²) in [6.07, 6.45) is -1.26. The number of amides is 3. The molecule has 2 fully saturated rings. The molecule has 4 rings (SSSR count). The van der Waals surface area contributed by atoms with E-state index in [0.717, 1.165) is 11.3 Å². The van der Waals surface area contributed by atoms with E-state index in [9.17, 15) is 28.7 Å². The van der Waals surface area contributed by atoms with Crippen LogP contribution in [0.4, 0.5) is 10.6 Å². The second-order valence-corrected chi connectivity index (χ2v) is 11.1. The van der Waals surface area contributed by atoms with Crippen LogP contribution >= 0.6 is 7.60 Å². The minimum Gasteiger partial charge on any atom is -0.465 e. The molecule has 14 nitrogen and oxygen atoms in total. The summed E-state index contributed by atoms with van der Waals surface area (Å²) < 4.78 is 17.3. The molecular weight excluding hydrogens is 531 g/mol. The van der Waals surface area contributed by atoms with Crippen molar-refractivity contribution < 1.29 is 38.6 Å². The molecule has 0 bridgehead atoms. The average Bonchev–Trinajstić information content (AvgIpc) is 3.41. The standard InChI is InChI=1S/C24H31N6O8P/c1-38-17-7-8-30(14-17)20-13-18(25-21(27-20)16-5-3-2-4-6-16)22(31)26-19(15-39(35,36)37)23(32)28-9-11-29(12-10-28)24(33)34/h2-6,13,17,19H,7-12,14-15H2,1H3,(H,26,31)(H,33,34)(H2,35,36,37). The van der Waals surface area contributed by atoms with E-state index in [4.69, 9.17) is 9.84 Å². The molecule has 39 heavy (non-hydrogen) atoms. The summed E-state index contributed by atoms with van der Waals surface area (Å²) in [6.45, 7) is 1.36. The lowest BCUT2D eigenvalue weighted by atomic mass is 10.2. The molecule has 1 aromatic heterocycles. The Kier molecular flexibility index (Phi) is 8.80. The molecule has 2 unspecified atom stereocenters. The number of hydrogen-bond acceptors (Lipinski definition) is 8. The van der Waals surface area contributed by atoms with Crippen LogP contribution in [0.3, 0.4) is 0 Å². The maximum absolute atomic E-state index is 13.4. The van der Waals surface area contributed by atoms with Gasteiger partial charge in [-0.2, -0.15) is 0 Å². The fourth-order valence-corrected chi connectivity index (χ4v) is 5.27. The second kappa shape index (κ2) is 12.1. The Morgan fingerprint density at radius 1 is 1.08 bits per heavy atom. The van der Waals surface area contributed by atoms with Gasteiger partial charge in [0, 0.05) is 58.0 Å². The highest BCUT2D eigenvalue weighted by Crippen LogP contribution is 2.35. The smallest absolute Gasteiger partial charge is 0.407 e. The molecule has 2 aliphatic heterocycles. The monoisotopic (exact) mass is 562 g/mol. The van der Waals surface area contributed by atoms with Crippen molar-refractivity contribution in [2.24, 2.45) is 0 Å². The number of benzene rings is 1. The van der Waals surface area contributed by atoms with Gasteiger partial charge >= 0.3 is 13.7 Å². The molecular formula is C24H31N6O8P. The Morgan fingerprint density at radius 2 is 1.74 bits per heavy atom. The zero-order valence-corrected chi connectivity index (χ0v) is 22.2. The van der Waals surface area contributed by atoms with Gasteiger partial charge in [-0.25, -0.2) is 14.8 Å². The Labute approximate surface area is 224 Å². The van der Waals surface area contributed by atoms with Gasteiger partial charge in [-0.1, -0.05) is 30.3 Å². The third kappa shape index (κ3) is 7.30. The summed E-state index contributed by atoms with van der Waals surface area (Å²) in [5.41, 5.74) is 0.592. The first-order valence-corrected chi connectivity index (χ1v) is 14.2. The molecule has 0 spiro atoms. The number of nitrogens with one attached hydrogen (secondary N) is 1. The lowest BCUT2D eigenvalue weighted by molar-refractivity contribution is -0.134. The number of anilines is 1. The van der Waals surface area contributed by atoms with Crippen LogP contribution in [-0.4, -0.2) is 117 Å². The minimum absolute atomic E-state index is 0.00395. The SMILES string of the molecule is COC1CCN(c2cc(C(=O)NC(CP(=O)(O)O)C(=O)N3CCN(C(=O)O)CC3)nc(-c3ccccc3)n2)C1. The lowest BCUT2D eigenvalue weighted by Crippen LogP contribution is -2.56. The Morgan fingerprint density at radius 3 is 2.33 bits per heavy atom. The number of aromatic nitrogens is 2. The van der Waals surface area contributed by atoms with E-state index < -0.39 is 37.7 Å². The Bertz CT molecular complexity index is 1250. The molecule has 2 atom stereocenters. The maximum Gasteiger partial charge on any atom is 0.407 e. The fraction of sp³-hybridized carbons (Fsp3) is 0.458. The van der Waals surface area contributed by atoms with Crippen molar-refractivity contribution in [3.8, 4) is 11.4 Å². The van der Waals surface area contributed by atoms with Crippen LogP contribution in [0.1, 0.15) is 16.9 Å². The number of rotatable bonds is 8. The number of carbonyl (C=O) groups excluding carboxylic acids is 2. The van der Waals surface area contributed by atoms with Gasteiger partial charge in [0.15, 0.2) is 5.82 Å². The predicted octanol–water partition coefficient (Wildman–Crippen LogP) is 0.467. The van der Waals surface area contributed by atoms with Crippen LogP contribution in [0, 0.1) is 0 Å². The zero-order valence-electron chi connectivity index (χ0n) is 21.3. The number of piperazine rings is 1. The molecule has 2 saturated heterocycles. The quantitative estimate of drug-likeness (QED) is 0.328. The topological polar surface area (TPSA) is 186 Å². The molecule has 0 saturated carbocycles. The highest BCUT2D eigenvalue weighted by molar-refractivity contribution is 7.51. The summed E-state index contributed by atoms with van der Waals surface area (Å²) in [7, 11) is -3.09. The van der Waals surface area contributed by atoms with Gasteiger partial charge in [-0.15, -0.1) is 0 Å². The first-order valence-electron chi connectivity index (χ1n) is 12.4. The number of hydrogen-bond donors (Lipinski definition) is 4. The molecule has 15 heteroatoms. The van der Waals surface area contributed by atoms with E-state index in [-0.39, 0.29) is 43.8 Å². The van der Waals surface area contributed by atoms with Gasteiger partial charge < -0.3 is 39.6 Å². The van der Waals surface area contributed by atoms with E-state index in [1.54, 1.807) is 31.4 Å². The molecule has 210 valence electrons. The maximum atomic E-state index is 13.4. The van der Waals surface area contributed by atoms with Crippen LogP contribution in [0.2, 0.25) is 0 Å². The summed E-state index contributed by atoms with van der Waals surface area (Å²) >= 11 is 0. The van der Waals surface area contributed by atoms with Gasteiger partial charge in [-0.3, -0.25) is 14.2 Å². The first kappa shape index (κ1) is 28.4. The number of carboxylic acid groups (broad SMARTS) is 1. The number of methoxy groups -OCH3 is 1. The zero-order chi connectivity index (χ0) is 28.2. The minimum atomic E-state index is -4.72. The van der Waals surface area contributed by atoms with Gasteiger partial charge in [0.2, 0.25) is 5.91 Å². The summed E-state index contributed by atoms with van der Waals surface area (Å²) in [5, 5.41) is 11.6. The third-order valence-corrected chi connectivity index (χ3v) is 7.51. The van der Waals surface area contributed by atoms with E-state index in [2.05, 4.69) is 15.3 Å². The molecule has 3 heterocycles. The number of carbonyl (C=O) groups is 3. The van der Waals surface area contributed by atoms with Crippen molar-refractivity contribution in [2.75, 3.05) is 57.4 Å². The van der Waals surface area contributed by atoms with Crippen molar-refractivity contribution in [2.45, 2.75) is 18.6 Å². The van der Waals surface area contributed by atoms with Crippen molar-refractivity contribution >= 4 is 31.3 Å². The second-order valence-electron chi connectivity index (χ2n) is 9.36. The molecule has 2 aliphatic rings. The molecule has 4 N–H and O–H groups in total. The molecule has 1 aromatic carbocycles. The van der Waals surface area contributed by atoms with Crippen molar-refractivity contribution in [3.63, 3.8) is 0 Å². The van der Waals surface area contributed by atoms with E-state index in [1.165, 1.54) is 11.0 Å². The van der Waals surface area contributed by atoms with Crippen LogP contribution < -0.4 is 10.2 Å². The molecule has 3 amide bonds. The molecule has 0 radical (unpaired) electrons.